The molecule has 0 bridgehead atoms. The van der Waals surface area contributed by atoms with Gasteiger partial charge < -0.3 is 10.8 Å². The number of aliphatic carboxylic acids is 1. The lowest BCUT2D eigenvalue weighted by Gasteiger charge is -2.26. The summed E-state index contributed by atoms with van der Waals surface area (Å²) in [7, 11) is 1.84. The van der Waals surface area contributed by atoms with Crippen LogP contribution in [0.2, 0.25) is 0 Å². The third kappa shape index (κ3) is 2.51. The molecule has 0 radical (unpaired) electrons. The summed E-state index contributed by atoms with van der Waals surface area (Å²) in [6.45, 7) is 0. The summed E-state index contributed by atoms with van der Waals surface area (Å²) in [4.78, 5) is 15.3. The SMILES string of the molecule is Cn1ncnc1SCCC1CCCC1(N)C(=O)O. The Morgan fingerprint density at radius 1 is 1.78 bits per heavy atom. The molecule has 18 heavy (non-hydrogen) atoms. The molecule has 7 heteroatoms. The predicted octanol–water partition coefficient (Wildman–Crippen LogP) is 0.879. The monoisotopic (exact) mass is 270 g/mol. The van der Waals surface area contributed by atoms with E-state index in [1.54, 1.807) is 16.4 Å². The van der Waals surface area contributed by atoms with Gasteiger partial charge in [0.15, 0.2) is 5.16 Å². The summed E-state index contributed by atoms with van der Waals surface area (Å²) in [5, 5.41) is 14.1. The van der Waals surface area contributed by atoms with E-state index < -0.39 is 11.5 Å². The van der Waals surface area contributed by atoms with E-state index in [4.69, 9.17) is 5.73 Å². The molecule has 0 aliphatic heterocycles. The normalized spacial score (nSPS) is 27.6. The average Bonchev–Trinajstić information content (AvgIpc) is 2.88. The molecule has 1 saturated carbocycles. The van der Waals surface area contributed by atoms with E-state index in [2.05, 4.69) is 10.1 Å². The fraction of sp³-hybridized carbons (Fsp3) is 0.727. The van der Waals surface area contributed by atoms with Gasteiger partial charge in [-0.2, -0.15) is 5.10 Å². The van der Waals surface area contributed by atoms with Crippen molar-refractivity contribution in [3.8, 4) is 0 Å². The number of aryl methyl sites for hydroxylation is 1. The molecular weight excluding hydrogens is 252 g/mol. The summed E-state index contributed by atoms with van der Waals surface area (Å²) >= 11 is 1.59. The topological polar surface area (TPSA) is 94.0 Å². The van der Waals surface area contributed by atoms with Crippen molar-refractivity contribution in [3.63, 3.8) is 0 Å². The van der Waals surface area contributed by atoms with Crippen molar-refractivity contribution in [2.75, 3.05) is 5.75 Å². The van der Waals surface area contributed by atoms with Crippen molar-refractivity contribution in [2.45, 2.75) is 36.4 Å². The van der Waals surface area contributed by atoms with Crippen molar-refractivity contribution < 1.29 is 9.90 Å². The summed E-state index contributed by atoms with van der Waals surface area (Å²) < 4.78 is 1.71. The van der Waals surface area contributed by atoms with Crippen LogP contribution >= 0.6 is 11.8 Å². The molecule has 0 amide bonds. The smallest absolute Gasteiger partial charge is 0.323 e. The number of hydrogen-bond acceptors (Lipinski definition) is 5. The van der Waals surface area contributed by atoms with Gasteiger partial charge in [0.05, 0.1) is 0 Å². The van der Waals surface area contributed by atoms with Crippen LogP contribution in [-0.2, 0) is 11.8 Å². The van der Waals surface area contributed by atoms with Gasteiger partial charge in [0, 0.05) is 12.8 Å². The van der Waals surface area contributed by atoms with E-state index >= 15 is 0 Å². The molecular formula is C11H18N4O2S. The second-order valence-corrected chi connectivity index (χ2v) is 5.80. The standard InChI is InChI=1S/C11H18N4O2S/c1-15-10(13-7-14-15)18-6-4-8-3-2-5-11(8,12)9(16)17/h7-8H,2-6,12H2,1H3,(H,16,17). The maximum Gasteiger partial charge on any atom is 0.323 e. The highest BCUT2D eigenvalue weighted by atomic mass is 32.2. The van der Waals surface area contributed by atoms with Crippen LogP contribution in [0.5, 0.6) is 0 Å². The number of aromatic nitrogens is 3. The van der Waals surface area contributed by atoms with E-state index in [0.717, 1.165) is 30.2 Å². The minimum absolute atomic E-state index is 0.0655. The highest BCUT2D eigenvalue weighted by Gasteiger charge is 2.45. The van der Waals surface area contributed by atoms with Crippen molar-refractivity contribution in [1.29, 1.82) is 0 Å². The van der Waals surface area contributed by atoms with Crippen LogP contribution in [-0.4, -0.2) is 37.1 Å². The first-order chi connectivity index (χ1) is 8.54. The predicted molar refractivity (Wildman–Crippen MR) is 68.2 cm³/mol. The zero-order valence-electron chi connectivity index (χ0n) is 10.4. The Morgan fingerprint density at radius 3 is 3.17 bits per heavy atom. The van der Waals surface area contributed by atoms with E-state index in [-0.39, 0.29) is 5.92 Å². The first-order valence-corrected chi connectivity index (χ1v) is 7.01. The zero-order chi connectivity index (χ0) is 13.2. The fourth-order valence-electron chi connectivity index (χ4n) is 2.49. The molecule has 2 unspecified atom stereocenters. The van der Waals surface area contributed by atoms with Gasteiger partial charge >= 0.3 is 5.97 Å². The molecule has 3 N–H and O–H groups in total. The summed E-state index contributed by atoms with van der Waals surface area (Å²) in [5.74, 6) is 0.0214. The molecule has 0 spiro atoms. The van der Waals surface area contributed by atoms with Crippen molar-refractivity contribution >= 4 is 17.7 Å². The second-order valence-electron chi connectivity index (χ2n) is 4.74. The molecule has 0 aromatic carbocycles. The molecule has 100 valence electrons. The third-order valence-electron chi connectivity index (χ3n) is 3.64. The molecule has 0 saturated heterocycles. The van der Waals surface area contributed by atoms with Crippen LogP contribution in [0.15, 0.2) is 11.5 Å². The van der Waals surface area contributed by atoms with Crippen molar-refractivity contribution in [3.05, 3.63) is 6.33 Å². The number of carboxylic acid groups (broad SMARTS) is 1. The maximum absolute atomic E-state index is 11.2. The molecule has 1 fully saturated rings. The van der Waals surface area contributed by atoms with Crippen molar-refractivity contribution in [1.82, 2.24) is 14.8 Å². The Kier molecular flexibility index (Phi) is 3.91. The minimum Gasteiger partial charge on any atom is -0.480 e. The second kappa shape index (κ2) is 5.27. The summed E-state index contributed by atoms with van der Waals surface area (Å²) in [5.41, 5.74) is 4.97. The van der Waals surface area contributed by atoms with Gasteiger partial charge in [-0.1, -0.05) is 18.2 Å². The van der Waals surface area contributed by atoms with E-state index in [1.807, 2.05) is 7.05 Å². The first kappa shape index (κ1) is 13.4. The summed E-state index contributed by atoms with van der Waals surface area (Å²) in [6.07, 6.45) is 4.72. The third-order valence-corrected chi connectivity index (χ3v) is 4.70. The Bertz CT molecular complexity index is 436. The molecule has 1 heterocycles. The highest BCUT2D eigenvalue weighted by Crippen LogP contribution is 2.37. The van der Waals surface area contributed by atoms with Crippen LogP contribution in [0.3, 0.4) is 0 Å². The van der Waals surface area contributed by atoms with E-state index in [0.29, 0.717) is 6.42 Å². The molecule has 1 aromatic heterocycles. The number of carbonyl (C=O) groups is 1. The Balaban J connectivity index is 1.87. The zero-order valence-corrected chi connectivity index (χ0v) is 11.2. The molecule has 1 aliphatic carbocycles. The highest BCUT2D eigenvalue weighted by molar-refractivity contribution is 7.99. The van der Waals surface area contributed by atoms with Gasteiger partial charge in [0.2, 0.25) is 0 Å². The molecule has 6 nitrogen and oxygen atoms in total. The van der Waals surface area contributed by atoms with Gasteiger partial charge in [0.25, 0.3) is 0 Å². The van der Waals surface area contributed by atoms with Gasteiger partial charge in [-0.25, -0.2) is 9.67 Å². The van der Waals surface area contributed by atoms with Gasteiger partial charge in [-0.15, -0.1) is 0 Å². The largest absolute Gasteiger partial charge is 0.480 e. The van der Waals surface area contributed by atoms with Crippen LogP contribution in [0.4, 0.5) is 0 Å². The average molecular weight is 270 g/mol. The summed E-state index contributed by atoms with van der Waals surface area (Å²) in [6, 6.07) is 0. The number of rotatable bonds is 5. The molecule has 1 aromatic rings. The van der Waals surface area contributed by atoms with Crippen LogP contribution < -0.4 is 5.73 Å². The first-order valence-electron chi connectivity index (χ1n) is 6.03. The minimum atomic E-state index is -1.03. The maximum atomic E-state index is 11.2. The van der Waals surface area contributed by atoms with Gasteiger partial charge in [-0.05, 0) is 25.2 Å². The number of nitrogens with zero attached hydrogens (tertiary/aromatic N) is 3. The Hall–Kier alpha value is -1.08. The number of hydrogen-bond donors (Lipinski definition) is 2. The number of thioether (sulfide) groups is 1. The quantitative estimate of drug-likeness (QED) is 0.771. The fourth-order valence-corrected chi connectivity index (χ4v) is 3.44. The molecule has 1 aliphatic rings. The number of carboxylic acids is 1. The Labute approximate surface area is 110 Å². The lowest BCUT2D eigenvalue weighted by atomic mass is 9.86. The Morgan fingerprint density at radius 2 is 2.56 bits per heavy atom. The molecule has 2 atom stereocenters. The van der Waals surface area contributed by atoms with Crippen molar-refractivity contribution in [2.24, 2.45) is 18.7 Å². The molecule has 2 rings (SSSR count). The number of nitrogens with two attached hydrogens (primary N) is 1. The van der Waals surface area contributed by atoms with E-state index in [1.165, 1.54) is 6.33 Å². The van der Waals surface area contributed by atoms with Crippen LogP contribution in [0, 0.1) is 5.92 Å². The lowest BCUT2D eigenvalue weighted by molar-refractivity contribution is -0.144. The lowest BCUT2D eigenvalue weighted by Crippen LogP contribution is -2.51. The van der Waals surface area contributed by atoms with E-state index in [9.17, 15) is 9.90 Å². The van der Waals surface area contributed by atoms with Gasteiger partial charge in [0.1, 0.15) is 11.9 Å². The van der Waals surface area contributed by atoms with Crippen LogP contribution in [0.25, 0.3) is 0 Å². The van der Waals surface area contributed by atoms with Gasteiger partial charge in [-0.3, -0.25) is 4.79 Å². The van der Waals surface area contributed by atoms with Crippen LogP contribution in [0.1, 0.15) is 25.7 Å².